The fourth-order valence-corrected chi connectivity index (χ4v) is 2.58. The minimum atomic E-state index is 0.144. The standard InChI is InChI=1S/C17H17BrO2/c1-12-5-8-17(20)14(9-12)11-16(19)7-6-13-3-2-4-15(18)10-13/h2-5,8-10,20H,6-7,11H2,1H3. The predicted molar refractivity (Wildman–Crippen MR) is 84.0 cm³/mol. The molecule has 20 heavy (non-hydrogen) atoms. The van der Waals surface area contributed by atoms with E-state index in [0.717, 1.165) is 22.0 Å². The van der Waals surface area contributed by atoms with E-state index in [2.05, 4.69) is 15.9 Å². The van der Waals surface area contributed by atoms with Crippen molar-refractivity contribution in [1.82, 2.24) is 0 Å². The summed E-state index contributed by atoms with van der Waals surface area (Å²) < 4.78 is 1.03. The highest BCUT2D eigenvalue weighted by Gasteiger charge is 2.08. The summed E-state index contributed by atoms with van der Waals surface area (Å²) in [5, 5.41) is 9.75. The number of rotatable bonds is 5. The minimum Gasteiger partial charge on any atom is -0.508 e. The summed E-state index contributed by atoms with van der Waals surface area (Å²) in [7, 11) is 0. The summed E-state index contributed by atoms with van der Waals surface area (Å²) in [6.45, 7) is 1.95. The Bertz CT molecular complexity index is 620. The molecule has 2 aromatic rings. The Labute approximate surface area is 127 Å². The maximum atomic E-state index is 12.0. The Morgan fingerprint density at radius 3 is 2.75 bits per heavy atom. The molecule has 2 rings (SSSR count). The first-order chi connectivity index (χ1) is 9.54. The Kier molecular flexibility index (Phi) is 4.96. The fourth-order valence-electron chi connectivity index (χ4n) is 2.13. The first-order valence-electron chi connectivity index (χ1n) is 6.59. The van der Waals surface area contributed by atoms with Crippen LogP contribution in [-0.4, -0.2) is 10.9 Å². The topological polar surface area (TPSA) is 37.3 Å². The van der Waals surface area contributed by atoms with Crippen LogP contribution in [0, 0.1) is 6.92 Å². The molecule has 0 saturated heterocycles. The van der Waals surface area contributed by atoms with Gasteiger partial charge in [0.2, 0.25) is 0 Å². The summed E-state index contributed by atoms with van der Waals surface area (Å²) in [6.07, 6.45) is 1.51. The molecule has 0 spiro atoms. The van der Waals surface area contributed by atoms with E-state index >= 15 is 0 Å². The third kappa shape index (κ3) is 4.20. The van der Waals surface area contributed by atoms with Gasteiger partial charge in [0.25, 0.3) is 0 Å². The molecule has 0 aliphatic heterocycles. The van der Waals surface area contributed by atoms with Gasteiger partial charge < -0.3 is 5.11 Å². The summed E-state index contributed by atoms with van der Waals surface area (Å²) in [5.41, 5.74) is 2.91. The lowest BCUT2D eigenvalue weighted by Gasteiger charge is -2.06. The van der Waals surface area contributed by atoms with Gasteiger partial charge in [-0.3, -0.25) is 4.79 Å². The average Bonchev–Trinajstić information content (AvgIpc) is 2.41. The van der Waals surface area contributed by atoms with Gasteiger partial charge in [0.1, 0.15) is 11.5 Å². The van der Waals surface area contributed by atoms with Gasteiger partial charge in [0.15, 0.2) is 0 Å². The molecular weight excluding hydrogens is 316 g/mol. The second-order valence-corrected chi connectivity index (χ2v) is 5.89. The number of carbonyl (C=O) groups is 1. The zero-order valence-electron chi connectivity index (χ0n) is 11.4. The lowest BCUT2D eigenvalue weighted by molar-refractivity contribution is -0.118. The summed E-state index contributed by atoms with van der Waals surface area (Å²) in [4.78, 5) is 12.0. The van der Waals surface area contributed by atoms with Crippen LogP contribution in [0.4, 0.5) is 0 Å². The molecule has 0 aliphatic rings. The van der Waals surface area contributed by atoms with Crippen molar-refractivity contribution in [2.24, 2.45) is 0 Å². The van der Waals surface area contributed by atoms with Crippen molar-refractivity contribution in [2.45, 2.75) is 26.2 Å². The van der Waals surface area contributed by atoms with Gasteiger partial charge in [0, 0.05) is 22.9 Å². The Morgan fingerprint density at radius 2 is 2.00 bits per heavy atom. The van der Waals surface area contributed by atoms with E-state index in [9.17, 15) is 9.90 Å². The zero-order valence-corrected chi connectivity index (χ0v) is 13.0. The number of phenolic OH excluding ortho intramolecular Hbond substituents is 1. The highest BCUT2D eigenvalue weighted by molar-refractivity contribution is 9.10. The van der Waals surface area contributed by atoms with Gasteiger partial charge >= 0.3 is 0 Å². The number of carbonyl (C=O) groups excluding carboxylic acids is 1. The minimum absolute atomic E-state index is 0.144. The number of hydrogen-bond donors (Lipinski definition) is 1. The number of aryl methyl sites for hydroxylation is 2. The van der Waals surface area contributed by atoms with E-state index in [-0.39, 0.29) is 11.5 Å². The van der Waals surface area contributed by atoms with E-state index in [1.54, 1.807) is 6.07 Å². The lowest BCUT2D eigenvalue weighted by atomic mass is 10.0. The van der Waals surface area contributed by atoms with Crippen molar-refractivity contribution < 1.29 is 9.90 Å². The van der Waals surface area contributed by atoms with Crippen molar-refractivity contribution in [2.75, 3.05) is 0 Å². The quantitative estimate of drug-likeness (QED) is 0.890. The normalized spacial score (nSPS) is 10.5. The first-order valence-corrected chi connectivity index (χ1v) is 7.38. The molecule has 0 heterocycles. The first kappa shape index (κ1) is 14.8. The molecule has 0 saturated carbocycles. The molecule has 104 valence electrons. The van der Waals surface area contributed by atoms with Gasteiger partial charge in [-0.1, -0.05) is 45.8 Å². The average molecular weight is 333 g/mol. The molecule has 0 aliphatic carbocycles. The van der Waals surface area contributed by atoms with E-state index in [4.69, 9.17) is 0 Å². The number of hydrogen-bond acceptors (Lipinski definition) is 2. The van der Waals surface area contributed by atoms with E-state index in [0.29, 0.717) is 18.4 Å². The van der Waals surface area contributed by atoms with Crippen LogP contribution in [0.5, 0.6) is 5.75 Å². The number of aromatic hydroxyl groups is 1. The van der Waals surface area contributed by atoms with E-state index in [1.807, 2.05) is 43.3 Å². The molecular formula is C17H17BrO2. The van der Waals surface area contributed by atoms with Crippen molar-refractivity contribution in [3.05, 3.63) is 63.6 Å². The molecule has 0 bridgehead atoms. The van der Waals surface area contributed by atoms with Crippen molar-refractivity contribution in [3.8, 4) is 5.75 Å². The number of phenols is 1. The summed E-state index contributed by atoms with van der Waals surface area (Å²) in [6, 6.07) is 13.3. The maximum Gasteiger partial charge on any atom is 0.137 e. The second kappa shape index (κ2) is 6.71. The SMILES string of the molecule is Cc1ccc(O)c(CC(=O)CCc2cccc(Br)c2)c1. The van der Waals surface area contributed by atoms with Gasteiger partial charge in [0.05, 0.1) is 0 Å². The lowest BCUT2D eigenvalue weighted by Crippen LogP contribution is -2.04. The van der Waals surface area contributed by atoms with Crippen LogP contribution in [-0.2, 0) is 17.6 Å². The van der Waals surface area contributed by atoms with Crippen LogP contribution in [0.3, 0.4) is 0 Å². The summed E-state index contributed by atoms with van der Waals surface area (Å²) in [5.74, 6) is 0.345. The molecule has 2 aromatic carbocycles. The Hall–Kier alpha value is -1.61. The molecule has 0 aromatic heterocycles. The predicted octanol–water partition coefficient (Wildman–Crippen LogP) is 4.21. The van der Waals surface area contributed by atoms with Crippen LogP contribution >= 0.6 is 15.9 Å². The van der Waals surface area contributed by atoms with Gasteiger partial charge in [-0.25, -0.2) is 0 Å². The zero-order chi connectivity index (χ0) is 14.5. The van der Waals surface area contributed by atoms with Crippen molar-refractivity contribution >= 4 is 21.7 Å². The van der Waals surface area contributed by atoms with Crippen LogP contribution in [0.25, 0.3) is 0 Å². The molecule has 0 fully saturated rings. The molecule has 0 radical (unpaired) electrons. The van der Waals surface area contributed by atoms with Crippen molar-refractivity contribution in [3.63, 3.8) is 0 Å². The molecule has 1 N–H and O–H groups in total. The third-order valence-electron chi connectivity index (χ3n) is 3.20. The Morgan fingerprint density at radius 1 is 1.20 bits per heavy atom. The largest absolute Gasteiger partial charge is 0.508 e. The number of benzene rings is 2. The monoisotopic (exact) mass is 332 g/mol. The highest BCUT2D eigenvalue weighted by Crippen LogP contribution is 2.20. The number of Topliss-reactive ketones (excluding diaryl/α,β-unsaturated/α-hetero) is 1. The molecule has 3 heteroatoms. The van der Waals surface area contributed by atoms with Crippen LogP contribution in [0.1, 0.15) is 23.1 Å². The van der Waals surface area contributed by atoms with Gasteiger partial charge in [-0.05, 0) is 37.1 Å². The molecule has 0 amide bonds. The maximum absolute atomic E-state index is 12.0. The Balaban J connectivity index is 1.94. The smallest absolute Gasteiger partial charge is 0.137 e. The number of halogens is 1. The fraction of sp³-hybridized carbons (Fsp3) is 0.235. The second-order valence-electron chi connectivity index (χ2n) is 4.98. The van der Waals surface area contributed by atoms with Crippen molar-refractivity contribution in [1.29, 1.82) is 0 Å². The third-order valence-corrected chi connectivity index (χ3v) is 3.70. The molecule has 2 nitrogen and oxygen atoms in total. The van der Waals surface area contributed by atoms with Crippen LogP contribution < -0.4 is 0 Å². The van der Waals surface area contributed by atoms with E-state index in [1.165, 1.54) is 0 Å². The summed E-state index contributed by atoms with van der Waals surface area (Å²) >= 11 is 3.42. The molecule has 0 unspecified atom stereocenters. The molecule has 0 atom stereocenters. The highest BCUT2D eigenvalue weighted by atomic mass is 79.9. The van der Waals surface area contributed by atoms with Crippen LogP contribution in [0.2, 0.25) is 0 Å². The van der Waals surface area contributed by atoms with Crippen LogP contribution in [0.15, 0.2) is 46.9 Å². The number of ketones is 1. The van der Waals surface area contributed by atoms with Gasteiger partial charge in [-0.2, -0.15) is 0 Å². The van der Waals surface area contributed by atoms with E-state index < -0.39 is 0 Å². The van der Waals surface area contributed by atoms with Gasteiger partial charge in [-0.15, -0.1) is 0 Å².